The second-order valence-electron chi connectivity index (χ2n) is 7.16. The van der Waals surface area contributed by atoms with Crippen LogP contribution in [0.1, 0.15) is 39.0 Å². The summed E-state index contributed by atoms with van der Waals surface area (Å²) in [7, 11) is 1.52. The third-order valence-electron chi connectivity index (χ3n) is 5.39. The maximum absolute atomic E-state index is 13.4. The fourth-order valence-electron chi connectivity index (χ4n) is 4.00. The molecule has 1 aliphatic rings. The van der Waals surface area contributed by atoms with E-state index in [0.29, 0.717) is 28.0 Å². The molecule has 0 fully saturated rings. The first-order valence-corrected chi connectivity index (χ1v) is 9.48. The fraction of sp³-hybridized carbons (Fsp3) is 0.167. The van der Waals surface area contributed by atoms with Gasteiger partial charge in [0.15, 0.2) is 0 Å². The van der Waals surface area contributed by atoms with Gasteiger partial charge >= 0.3 is 0 Å². The number of carbonyl (C=O) groups is 2. The largest absolute Gasteiger partial charge is 0.549 e. The molecule has 3 aromatic rings. The zero-order valence-corrected chi connectivity index (χ0v) is 16.2. The van der Waals surface area contributed by atoms with Crippen LogP contribution < -0.4 is 9.84 Å². The van der Waals surface area contributed by atoms with E-state index in [2.05, 4.69) is 0 Å². The standard InChI is InChI=1S/C24H20FNO4/c1-30-18-6-4-5-16(13-18)22-21(24(28)29)19-7-2-3-8-20(19)23(27)26(22)14-15-9-11-17(25)12-10-15/h2-13,21-22H,14H2,1H3,(H,28,29)/p-1. The van der Waals surface area contributed by atoms with Crippen molar-refractivity contribution in [1.82, 2.24) is 4.90 Å². The Morgan fingerprint density at radius 3 is 2.50 bits per heavy atom. The minimum absolute atomic E-state index is 0.124. The molecule has 4 rings (SSSR count). The molecular weight excluding hydrogens is 385 g/mol. The van der Waals surface area contributed by atoms with E-state index < -0.39 is 17.9 Å². The highest BCUT2D eigenvalue weighted by Gasteiger charge is 2.41. The summed E-state index contributed by atoms with van der Waals surface area (Å²) in [6.07, 6.45) is 0. The molecule has 2 atom stereocenters. The van der Waals surface area contributed by atoms with Crippen LogP contribution in [0.3, 0.4) is 0 Å². The number of methoxy groups -OCH3 is 1. The number of hydrogen-bond donors (Lipinski definition) is 0. The molecule has 0 aliphatic carbocycles. The van der Waals surface area contributed by atoms with Gasteiger partial charge in [0.1, 0.15) is 11.6 Å². The topological polar surface area (TPSA) is 69.7 Å². The Kier molecular flexibility index (Phi) is 5.23. The van der Waals surface area contributed by atoms with E-state index in [9.17, 15) is 19.1 Å². The number of fused-ring (bicyclic) bond motifs is 1. The van der Waals surface area contributed by atoms with E-state index in [0.717, 1.165) is 0 Å². The molecule has 2 unspecified atom stereocenters. The average Bonchev–Trinajstić information content (AvgIpc) is 2.76. The van der Waals surface area contributed by atoms with Gasteiger partial charge in [0.2, 0.25) is 0 Å². The highest BCUT2D eigenvalue weighted by molar-refractivity contribution is 6.00. The van der Waals surface area contributed by atoms with Crippen molar-refractivity contribution in [2.75, 3.05) is 7.11 Å². The molecule has 1 amide bonds. The van der Waals surface area contributed by atoms with Crippen LogP contribution in [-0.4, -0.2) is 23.9 Å². The molecule has 30 heavy (non-hydrogen) atoms. The van der Waals surface area contributed by atoms with Crippen molar-refractivity contribution in [3.63, 3.8) is 0 Å². The number of halogens is 1. The molecule has 5 nitrogen and oxygen atoms in total. The van der Waals surface area contributed by atoms with E-state index in [1.54, 1.807) is 60.7 Å². The average molecular weight is 404 g/mol. The summed E-state index contributed by atoms with van der Waals surface area (Å²) in [5.74, 6) is -2.46. The number of carboxylic acids is 1. The first kappa shape index (κ1) is 19.6. The molecule has 0 bridgehead atoms. The third-order valence-corrected chi connectivity index (χ3v) is 5.39. The first-order chi connectivity index (χ1) is 14.5. The minimum Gasteiger partial charge on any atom is -0.549 e. The normalized spacial score (nSPS) is 18.1. The third kappa shape index (κ3) is 3.52. The van der Waals surface area contributed by atoms with Gasteiger partial charge < -0.3 is 19.5 Å². The van der Waals surface area contributed by atoms with Gasteiger partial charge in [0, 0.05) is 18.0 Å². The molecule has 152 valence electrons. The molecule has 1 aliphatic heterocycles. The Morgan fingerprint density at radius 1 is 1.07 bits per heavy atom. The van der Waals surface area contributed by atoms with E-state index in [1.807, 2.05) is 0 Å². The van der Waals surface area contributed by atoms with Gasteiger partial charge in [-0.15, -0.1) is 0 Å². The van der Waals surface area contributed by atoms with Crippen molar-refractivity contribution in [3.05, 3.63) is 101 Å². The first-order valence-electron chi connectivity index (χ1n) is 9.48. The lowest BCUT2D eigenvalue weighted by Gasteiger charge is -2.43. The van der Waals surface area contributed by atoms with E-state index in [1.165, 1.54) is 24.1 Å². The van der Waals surface area contributed by atoms with Crippen molar-refractivity contribution < 1.29 is 23.8 Å². The Balaban J connectivity index is 1.88. The van der Waals surface area contributed by atoms with Crippen LogP contribution in [0.2, 0.25) is 0 Å². The van der Waals surface area contributed by atoms with Crippen molar-refractivity contribution in [2.24, 2.45) is 0 Å². The van der Waals surface area contributed by atoms with Gasteiger partial charge in [-0.2, -0.15) is 0 Å². The summed E-state index contributed by atoms with van der Waals surface area (Å²) < 4.78 is 18.6. The second-order valence-corrected chi connectivity index (χ2v) is 7.16. The fourth-order valence-corrected chi connectivity index (χ4v) is 4.00. The Morgan fingerprint density at radius 2 is 1.80 bits per heavy atom. The van der Waals surface area contributed by atoms with E-state index in [4.69, 9.17) is 4.74 Å². The number of hydrogen-bond acceptors (Lipinski definition) is 4. The zero-order valence-electron chi connectivity index (χ0n) is 16.2. The molecule has 1 heterocycles. The van der Waals surface area contributed by atoms with Crippen LogP contribution in [0.25, 0.3) is 0 Å². The van der Waals surface area contributed by atoms with Crippen LogP contribution in [0.5, 0.6) is 5.75 Å². The zero-order chi connectivity index (χ0) is 21.3. The number of carboxylic acid groups (broad SMARTS) is 1. The smallest absolute Gasteiger partial charge is 0.255 e. The number of aliphatic carboxylic acids is 1. The van der Waals surface area contributed by atoms with Gasteiger partial charge in [0.05, 0.1) is 19.1 Å². The number of nitrogens with zero attached hydrogens (tertiary/aromatic N) is 1. The van der Waals surface area contributed by atoms with Crippen LogP contribution in [0.15, 0.2) is 72.8 Å². The molecule has 0 spiro atoms. The van der Waals surface area contributed by atoms with Crippen LogP contribution >= 0.6 is 0 Å². The molecule has 6 heteroatoms. The predicted octanol–water partition coefficient (Wildman–Crippen LogP) is 3.07. The Labute approximate surface area is 173 Å². The van der Waals surface area contributed by atoms with Gasteiger partial charge in [0.25, 0.3) is 5.91 Å². The van der Waals surface area contributed by atoms with E-state index in [-0.39, 0.29) is 18.3 Å². The van der Waals surface area contributed by atoms with Gasteiger partial charge in [-0.25, -0.2) is 4.39 Å². The number of carbonyl (C=O) groups excluding carboxylic acids is 2. The monoisotopic (exact) mass is 404 g/mol. The summed E-state index contributed by atoms with van der Waals surface area (Å²) in [6, 6.07) is 18.7. The molecule has 0 saturated heterocycles. The minimum atomic E-state index is -1.27. The summed E-state index contributed by atoms with van der Waals surface area (Å²) in [5.41, 5.74) is 2.06. The lowest BCUT2D eigenvalue weighted by molar-refractivity contribution is -0.309. The summed E-state index contributed by atoms with van der Waals surface area (Å²) in [6.45, 7) is 0.124. The molecular formula is C24H19FNO4-. The van der Waals surface area contributed by atoms with Gasteiger partial charge in [-0.1, -0.05) is 42.5 Å². The van der Waals surface area contributed by atoms with Crippen molar-refractivity contribution in [3.8, 4) is 5.75 Å². The van der Waals surface area contributed by atoms with Crippen LogP contribution in [-0.2, 0) is 11.3 Å². The summed E-state index contributed by atoms with van der Waals surface area (Å²) in [4.78, 5) is 27.2. The summed E-state index contributed by atoms with van der Waals surface area (Å²) in [5, 5.41) is 12.3. The van der Waals surface area contributed by atoms with Crippen molar-refractivity contribution in [2.45, 2.75) is 18.5 Å². The van der Waals surface area contributed by atoms with Crippen molar-refractivity contribution in [1.29, 1.82) is 0 Å². The van der Waals surface area contributed by atoms with Crippen molar-refractivity contribution >= 4 is 11.9 Å². The van der Waals surface area contributed by atoms with E-state index >= 15 is 0 Å². The molecule has 0 N–H and O–H groups in total. The summed E-state index contributed by atoms with van der Waals surface area (Å²) >= 11 is 0. The Hall–Kier alpha value is -3.67. The lowest BCUT2D eigenvalue weighted by atomic mass is 9.79. The molecule has 0 saturated carbocycles. The number of benzene rings is 3. The maximum Gasteiger partial charge on any atom is 0.255 e. The van der Waals surface area contributed by atoms with Gasteiger partial charge in [-0.05, 0) is 47.0 Å². The number of rotatable bonds is 5. The lowest BCUT2D eigenvalue weighted by Crippen LogP contribution is -2.47. The molecule has 0 radical (unpaired) electrons. The predicted molar refractivity (Wildman–Crippen MR) is 106 cm³/mol. The highest BCUT2D eigenvalue weighted by atomic mass is 19.1. The SMILES string of the molecule is COc1cccc(C2C(C(=O)[O-])c3ccccc3C(=O)N2Cc2ccc(F)cc2)c1. The quantitative estimate of drug-likeness (QED) is 0.655. The number of amides is 1. The Bertz CT molecular complexity index is 1100. The van der Waals surface area contributed by atoms with Crippen LogP contribution in [0, 0.1) is 5.82 Å². The molecule has 3 aromatic carbocycles. The van der Waals surface area contributed by atoms with Gasteiger partial charge in [-0.3, -0.25) is 4.79 Å². The molecule has 0 aromatic heterocycles. The maximum atomic E-state index is 13.4. The second kappa shape index (κ2) is 7.99. The highest BCUT2D eigenvalue weighted by Crippen LogP contribution is 2.43. The number of ether oxygens (including phenoxy) is 1. The van der Waals surface area contributed by atoms with Crippen LogP contribution in [0.4, 0.5) is 4.39 Å².